The third kappa shape index (κ3) is 4.87. The van der Waals surface area contributed by atoms with E-state index in [0.29, 0.717) is 18.4 Å². The fourth-order valence-corrected chi connectivity index (χ4v) is 3.84. The molecule has 134 valence electrons. The maximum atomic E-state index is 12.2. The van der Waals surface area contributed by atoms with Gasteiger partial charge in [-0.2, -0.15) is 0 Å². The summed E-state index contributed by atoms with van der Waals surface area (Å²) in [5.41, 5.74) is 2.32. The van der Waals surface area contributed by atoms with Gasteiger partial charge in [0.05, 0.1) is 13.5 Å². The minimum atomic E-state index is 0. The van der Waals surface area contributed by atoms with E-state index in [4.69, 9.17) is 4.74 Å². The number of methoxy groups -OCH3 is 1. The Balaban J connectivity index is 0.00000208. The Morgan fingerprint density at radius 1 is 1.21 bits per heavy atom. The van der Waals surface area contributed by atoms with Crippen LogP contribution in [0.3, 0.4) is 0 Å². The van der Waals surface area contributed by atoms with Crippen LogP contribution in [-0.4, -0.2) is 32.1 Å². The predicted octanol–water partition coefficient (Wildman–Crippen LogP) is 3.19. The Morgan fingerprint density at radius 3 is 2.58 bits per heavy atom. The summed E-state index contributed by atoms with van der Waals surface area (Å²) in [4.78, 5) is 12.2. The predicted molar refractivity (Wildman–Crippen MR) is 99.2 cm³/mol. The first-order chi connectivity index (χ1) is 11.3. The van der Waals surface area contributed by atoms with Crippen molar-refractivity contribution < 1.29 is 9.53 Å². The molecule has 2 aliphatic rings. The molecule has 2 fully saturated rings. The number of hydrogen-bond acceptors (Lipinski definition) is 3. The SMILES string of the molecule is COc1cc(C2CCNCC2)ccc1CC(=O)NC1CCCC1.Cl. The maximum absolute atomic E-state index is 12.2. The molecule has 0 radical (unpaired) electrons. The Kier molecular flexibility index (Phi) is 7.38. The highest BCUT2D eigenvalue weighted by atomic mass is 35.5. The van der Waals surface area contributed by atoms with Crippen LogP contribution in [0.15, 0.2) is 18.2 Å². The monoisotopic (exact) mass is 352 g/mol. The number of halogens is 1. The molecule has 24 heavy (non-hydrogen) atoms. The zero-order chi connectivity index (χ0) is 16.1. The highest BCUT2D eigenvalue weighted by Gasteiger charge is 2.20. The van der Waals surface area contributed by atoms with E-state index >= 15 is 0 Å². The van der Waals surface area contributed by atoms with E-state index in [0.717, 1.165) is 37.2 Å². The molecule has 1 saturated carbocycles. The van der Waals surface area contributed by atoms with Gasteiger partial charge < -0.3 is 15.4 Å². The van der Waals surface area contributed by atoms with Crippen molar-refractivity contribution in [3.05, 3.63) is 29.3 Å². The van der Waals surface area contributed by atoms with Crippen molar-refractivity contribution in [2.24, 2.45) is 0 Å². The second-order valence-corrected chi connectivity index (χ2v) is 6.82. The molecule has 5 heteroatoms. The molecule has 0 spiro atoms. The van der Waals surface area contributed by atoms with Gasteiger partial charge in [0, 0.05) is 11.6 Å². The third-order valence-corrected chi connectivity index (χ3v) is 5.19. The number of hydrogen-bond donors (Lipinski definition) is 2. The van der Waals surface area contributed by atoms with Gasteiger partial charge in [-0.05, 0) is 56.3 Å². The van der Waals surface area contributed by atoms with Crippen LogP contribution >= 0.6 is 12.4 Å². The number of ether oxygens (including phenoxy) is 1. The molecular formula is C19H29ClN2O2. The molecule has 1 aromatic carbocycles. The van der Waals surface area contributed by atoms with Gasteiger partial charge in [-0.3, -0.25) is 4.79 Å². The van der Waals surface area contributed by atoms with E-state index in [2.05, 4.69) is 28.8 Å². The van der Waals surface area contributed by atoms with Crippen LogP contribution < -0.4 is 15.4 Å². The molecule has 4 nitrogen and oxygen atoms in total. The molecule has 1 amide bonds. The zero-order valence-corrected chi connectivity index (χ0v) is 15.3. The van der Waals surface area contributed by atoms with Gasteiger partial charge in [-0.1, -0.05) is 25.0 Å². The van der Waals surface area contributed by atoms with E-state index < -0.39 is 0 Å². The number of piperidine rings is 1. The van der Waals surface area contributed by atoms with Gasteiger partial charge in [0.1, 0.15) is 5.75 Å². The van der Waals surface area contributed by atoms with Crippen LogP contribution in [0.25, 0.3) is 0 Å². The summed E-state index contributed by atoms with van der Waals surface area (Å²) >= 11 is 0. The van der Waals surface area contributed by atoms with Crippen LogP contribution in [-0.2, 0) is 11.2 Å². The first-order valence-corrected chi connectivity index (χ1v) is 8.93. The zero-order valence-electron chi connectivity index (χ0n) is 14.5. The van der Waals surface area contributed by atoms with E-state index in [1.807, 2.05) is 0 Å². The first kappa shape index (κ1) is 19.1. The number of carbonyl (C=O) groups excluding carboxylic acids is 1. The van der Waals surface area contributed by atoms with Crippen molar-refractivity contribution in [1.29, 1.82) is 0 Å². The van der Waals surface area contributed by atoms with Crippen molar-refractivity contribution in [3.8, 4) is 5.75 Å². The highest BCUT2D eigenvalue weighted by molar-refractivity contribution is 5.85. The molecule has 1 heterocycles. The molecule has 1 aliphatic heterocycles. The molecule has 0 unspecified atom stereocenters. The van der Waals surface area contributed by atoms with Gasteiger partial charge in [0.25, 0.3) is 0 Å². The lowest BCUT2D eigenvalue weighted by molar-refractivity contribution is -0.121. The molecule has 1 aromatic rings. The minimum Gasteiger partial charge on any atom is -0.496 e. The summed E-state index contributed by atoms with van der Waals surface area (Å²) in [6.45, 7) is 2.16. The maximum Gasteiger partial charge on any atom is 0.224 e. The average Bonchev–Trinajstić information content (AvgIpc) is 3.09. The molecule has 0 atom stereocenters. The van der Waals surface area contributed by atoms with Gasteiger partial charge in [-0.25, -0.2) is 0 Å². The third-order valence-electron chi connectivity index (χ3n) is 5.19. The summed E-state index contributed by atoms with van der Waals surface area (Å²) in [7, 11) is 1.69. The van der Waals surface area contributed by atoms with Crippen molar-refractivity contribution in [3.63, 3.8) is 0 Å². The molecule has 1 aliphatic carbocycles. The smallest absolute Gasteiger partial charge is 0.224 e. The number of amides is 1. The van der Waals surface area contributed by atoms with Crippen LogP contribution in [0.5, 0.6) is 5.75 Å². The molecular weight excluding hydrogens is 324 g/mol. The molecule has 0 aromatic heterocycles. The second-order valence-electron chi connectivity index (χ2n) is 6.82. The summed E-state index contributed by atoms with van der Waals surface area (Å²) in [6, 6.07) is 6.76. The molecule has 1 saturated heterocycles. The Labute approximate surface area is 151 Å². The van der Waals surface area contributed by atoms with Crippen molar-refractivity contribution in [2.75, 3.05) is 20.2 Å². The number of benzene rings is 1. The quantitative estimate of drug-likeness (QED) is 0.855. The Morgan fingerprint density at radius 2 is 1.92 bits per heavy atom. The van der Waals surface area contributed by atoms with Crippen LogP contribution in [0.1, 0.15) is 55.6 Å². The van der Waals surface area contributed by atoms with E-state index in [9.17, 15) is 4.79 Å². The number of nitrogens with one attached hydrogen (secondary N) is 2. The lowest BCUT2D eigenvalue weighted by atomic mass is 9.89. The fourth-order valence-electron chi connectivity index (χ4n) is 3.84. The van der Waals surface area contributed by atoms with Crippen molar-refractivity contribution in [2.45, 2.75) is 56.9 Å². The Bertz CT molecular complexity index is 538. The van der Waals surface area contributed by atoms with Gasteiger partial charge in [0.15, 0.2) is 0 Å². The summed E-state index contributed by atoms with van der Waals surface area (Å²) in [5, 5.41) is 6.55. The lowest BCUT2D eigenvalue weighted by Crippen LogP contribution is -2.33. The summed E-state index contributed by atoms with van der Waals surface area (Å²) in [6.07, 6.45) is 7.47. The minimum absolute atomic E-state index is 0. The fraction of sp³-hybridized carbons (Fsp3) is 0.632. The van der Waals surface area contributed by atoms with Crippen LogP contribution in [0, 0.1) is 0 Å². The first-order valence-electron chi connectivity index (χ1n) is 8.93. The Hall–Kier alpha value is -1.26. The van der Waals surface area contributed by atoms with Gasteiger partial charge in [-0.15, -0.1) is 12.4 Å². The second kappa shape index (κ2) is 9.28. The molecule has 2 N–H and O–H groups in total. The lowest BCUT2D eigenvalue weighted by Gasteiger charge is -2.24. The van der Waals surface area contributed by atoms with Crippen molar-refractivity contribution >= 4 is 18.3 Å². The van der Waals surface area contributed by atoms with E-state index in [1.54, 1.807) is 7.11 Å². The normalized spacial score (nSPS) is 18.9. The topological polar surface area (TPSA) is 50.4 Å². The van der Waals surface area contributed by atoms with Crippen molar-refractivity contribution in [1.82, 2.24) is 10.6 Å². The van der Waals surface area contributed by atoms with Gasteiger partial charge >= 0.3 is 0 Å². The van der Waals surface area contributed by atoms with E-state index in [-0.39, 0.29) is 18.3 Å². The number of rotatable bonds is 5. The largest absolute Gasteiger partial charge is 0.496 e. The molecule has 3 rings (SSSR count). The summed E-state index contributed by atoms with van der Waals surface area (Å²) < 4.78 is 5.55. The highest BCUT2D eigenvalue weighted by Crippen LogP contribution is 2.30. The summed E-state index contributed by atoms with van der Waals surface area (Å²) in [5.74, 6) is 1.57. The van der Waals surface area contributed by atoms with E-state index in [1.165, 1.54) is 31.2 Å². The average molecular weight is 353 g/mol. The van der Waals surface area contributed by atoms with Gasteiger partial charge in [0.2, 0.25) is 5.91 Å². The standard InChI is InChI=1S/C19H28N2O2.ClH/c1-23-18-12-15(14-8-10-20-11-9-14)6-7-16(18)13-19(22)21-17-4-2-3-5-17;/h6-7,12,14,17,20H,2-5,8-11,13H2,1H3,(H,21,22);1H. The van der Waals surface area contributed by atoms with Crippen LogP contribution in [0.2, 0.25) is 0 Å². The molecule has 0 bridgehead atoms. The van der Waals surface area contributed by atoms with Crippen LogP contribution in [0.4, 0.5) is 0 Å². The number of carbonyl (C=O) groups is 1.